The van der Waals surface area contributed by atoms with E-state index < -0.39 is 0 Å². The molecule has 0 spiro atoms. The molecule has 0 aliphatic carbocycles. The molecular weight excluding hydrogens is 222 g/mol. The van der Waals surface area contributed by atoms with Crippen molar-refractivity contribution < 1.29 is 0 Å². The molecule has 1 fully saturated rings. The average molecular weight is 247 g/mol. The molecule has 1 aromatic rings. The minimum Gasteiger partial charge on any atom is -0.316 e. The molecule has 1 saturated heterocycles. The maximum atomic E-state index is 3.21. The van der Waals surface area contributed by atoms with Gasteiger partial charge in [-0.1, -0.05) is 24.3 Å². The van der Waals surface area contributed by atoms with Gasteiger partial charge in [-0.15, -0.1) is 0 Å². The molecule has 1 N–H and O–H groups in total. The first-order valence-electron chi connectivity index (χ1n) is 6.84. The van der Waals surface area contributed by atoms with Crippen molar-refractivity contribution in [2.24, 2.45) is 0 Å². The molecule has 100 valence electrons. The van der Waals surface area contributed by atoms with Gasteiger partial charge in [-0.05, 0) is 32.1 Å². The lowest BCUT2D eigenvalue weighted by atomic mass is 10.1. The highest BCUT2D eigenvalue weighted by Gasteiger charge is 2.21. The van der Waals surface area contributed by atoms with Crippen LogP contribution >= 0.6 is 0 Å². The molecule has 1 aromatic carbocycles. The number of likely N-dealkylation sites (N-methyl/N-ethyl adjacent to an activating group) is 1. The lowest BCUT2D eigenvalue weighted by molar-refractivity contribution is 0.0938. The number of nitrogens with zero attached hydrogens (tertiary/aromatic N) is 2. The predicted octanol–water partition coefficient (Wildman–Crippen LogP) is 1.54. The van der Waals surface area contributed by atoms with Gasteiger partial charge >= 0.3 is 0 Å². The van der Waals surface area contributed by atoms with Gasteiger partial charge in [0.05, 0.1) is 0 Å². The van der Waals surface area contributed by atoms with Crippen LogP contribution in [0.2, 0.25) is 0 Å². The normalized spacial score (nSPS) is 22.3. The fourth-order valence-electron chi connectivity index (χ4n) is 2.69. The van der Waals surface area contributed by atoms with Crippen LogP contribution < -0.4 is 5.32 Å². The van der Waals surface area contributed by atoms with Gasteiger partial charge in [0, 0.05) is 38.8 Å². The van der Waals surface area contributed by atoms with Crippen molar-refractivity contribution in [2.45, 2.75) is 26.1 Å². The van der Waals surface area contributed by atoms with Crippen molar-refractivity contribution in [3.63, 3.8) is 0 Å². The molecule has 2 rings (SSSR count). The van der Waals surface area contributed by atoms with E-state index in [0.29, 0.717) is 6.04 Å². The number of rotatable bonds is 4. The zero-order valence-electron chi connectivity index (χ0n) is 11.8. The molecule has 1 unspecified atom stereocenters. The highest BCUT2D eigenvalue weighted by molar-refractivity contribution is 5.23. The van der Waals surface area contributed by atoms with Crippen molar-refractivity contribution >= 4 is 0 Å². The number of hydrogen-bond acceptors (Lipinski definition) is 3. The highest BCUT2D eigenvalue weighted by Crippen LogP contribution is 2.14. The van der Waals surface area contributed by atoms with Gasteiger partial charge in [0.15, 0.2) is 0 Å². The highest BCUT2D eigenvalue weighted by atomic mass is 15.3. The van der Waals surface area contributed by atoms with Gasteiger partial charge in [0.25, 0.3) is 0 Å². The van der Waals surface area contributed by atoms with Gasteiger partial charge in [-0.25, -0.2) is 0 Å². The largest absolute Gasteiger partial charge is 0.316 e. The summed E-state index contributed by atoms with van der Waals surface area (Å²) in [5.41, 5.74) is 2.80. The summed E-state index contributed by atoms with van der Waals surface area (Å²) in [6, 6.07) is 9.57. The number of piperazine rings is 1. The summed E-state index contributed by atoms with van der Waals surface area (Å²) in [5.74, 6) is 0. The Bertz CT molecular complexity index is 378. The van der Waals surface area contributed by atoms with E-state index in [4.69, 9.17) is 0 Å². The molecule has 1 atom stereocenters. The third-order valence-corrected chi connectivity index (χ3v) is 3.73. The van der Waals surface area contributed by atoms with Gasteiger partial charge in [-0.2, -0.15) is 0 Å². The number of benzene rings is 1. The zero-order chi connectivity index (χ0) is 13.0. The lowest BCUT2D eigenvalue weighted by Crippen LogP contribution is -2.49. The summed E-state index contributed by atoms with van der Waals surface area (Å²) < 4.78 is 0. The summed E-state index contributed by atoms with van der Waals surface area (Å²) in [7, 11) is 4.20. The molecule has 0 saturated carbocycles. The molecule has 0 amide bonds. The molecule has 1 heterocycles. The number of nitrogens with one attached hydrogen (secondary N) is 1. The first-order chi connectivity index (χ1) is 8.69. The second kappa shape index (κ2) is 6.32. The van der Waals surface area contributed by atoms with E-state index >= 15 is 0 Å². The lowest BCUT2D eigenvalue weighted by Gasteiger charge is -2.38. The molecule has 0 aromatic heterocycles. The third-order valence-electron chi connectivity index (χ3n) is 3.73. The standard InChI is InChI=1S/C15H25N3/c1-13-11-17(3)7-8-18(13)12-15-6-4-5-14(9-15)10-16-2/h4-6,9,13,16H,7-8,10-12H2,1-3H3. The van der Waals surface area contributed by atoms with Crippen LogP contribution in [-0.4, -0.2) is 49.6 Å². The SMILES string of the molecule is CNCc1cccc(CN2CCN(C)CC2C)c1. The molecule has 0 bridgehead atoms. The van der Waals surface area contributed by atoms with E-state index in [-0.39, 0.29) is 0 Å². The van der Waals surface area contributed by atoms with E-state index in [0.717, 1.165) is 13.1 Å². The first kappa shape index (κ1) is 13.5. The van der Waals surface area contributed by atoms with Crippen LogP contribution in [0.15, 0.2) is 24.3 Å². The fraction of sp³-hybridized carbons (Fsp3) is 0.600. The van der Waals surface area contributed by atoms with Crippen molar-refractivity contribution in [1.29, 1.82) is 0 Å². The maximum absolute atomic E-state index is 3.21. The van der Waals surface area contributed by atoms with Crippen molar-refractivity contribution in [1.82, 2.24) is 15.1 Å². The van der Waals surface area contributed by atoms with Gasteiger partial charge in [0.1, 0.15) is 0 Å². The van der Waals surface area contributed by atoms with Gasteiger partial charge < -0.3 is 10.2 Å². The summed E-state index contributed by atoms with van der Waals surface area (Å²) in [4.78, 5) is 5.00. The van der Waals surface area contributed by atoms with Crippen LogP contribution in [0.1, 0.15) is 18.1 Å². The second-order valence-electron chi connectivity index (χ2n) is 5.43. The van der Waals surface area contributed by atoms with Crippen LogP contribution in [-0.2, 0) is 13.1 Å². The van der Waals surface area contributed by atoms with Crippen LogP contribution in [0.4, 0.5) is 0 Å². The Hall–Kier alpha value is -0.900. The predicted molar refractivity (Wildman–Crippen MR) is 76.6 cm³/mol. The van der Waals surface area contributed by atoms with Crippen LogP contribution in [0.25, 0.3) is 0 Å². The Morgan fingerprint density at radius 2 is 2.06 bits per heavy atom. The minimum atomic E-state index is 0.650. The molecular formula is C15H25N3. The summed E-state index contributed by atoms with van der Waals surface area (Å²) >= 11 is 0. The Labute approximate surface area is 111 Å². The summed E-state index contributed by atoms with van der Waals surface area (Å²) in [6.45, 7) is 7.89. The Balaban J connectivity index is 1.98. The summed E-state index contributed by atoms with van der Waals surface area (Å²) in [5, 5.41) is 3.21. The Kier molecular flexibility index (Phi) is 4.75. The van der Waals surface area contributed by atoms with Crippen LogP contribution in [0.5, 0.6) is 0 Å². The van der Waals surface area contributed by atoms with E-state index in [1.165, 1.54) is 30.8 Å². The van der Waals surface area contributed by atoms with E-state index in [2.05, 4.69) is 53.4 Å². The average Bonchev–Trinajstić information content (AvgIpc) is 2.34. The van der Waals surface area contributed by atoms with E-state index in [1.807, 2.05) is 7.05 Å². The quantitative estimate of drug-likeness (QED) is 0.871. The summed E-state index contributed by atoms with van der Waals surface area (Å²) in [6.07, 6.45) is 0. The Morgan fingerprint density at radius 3 is 2.78 bits per heavy atom. The van der Waals surface area contributed by atoms with Crippen LogP contribution in [0.3, 0.4) is 0 Å². The zero-order valence-corrected chi connectivity index (χ0v) is 11.8. The molecule has 1 aliphatic rings. The van der Waals surface area contributed by atoms with Crippen molar-refractivity contribution in [2.75, 3.05) is 33.7 Å². The maximum Gasteiger partial charge on any atom is 0.0237 e. The second-order valence-corrected chi connectivity index (χ2v) is 5.43. The fourth-order valence-corrected chi connectivity index (χ4v) is 2.69. The molecule has 3 heteroatoms. The van der Waals surface area contributed by atoms with E-state index in [1.54, 1.807) is 0 Å². The minimum absolute atomic E-state index is 0.650. The number of hydrogen-bond donors (Lipinski definition) is 1. The van der Waals surface area contributed by atoms with Crippen molar-refractivity contribution in [3.8, 4) is 0 Å². The molecule has 1 aliphatic heterocycles. The first-order valence-corrected chi connectivity index (χ1v) is 6.84. The van der Waals surface area contributed by atoms with Crippen molar-refractivity contribution in [3.05, 3.63) is 35.4 Å². The van der Waals surface area contributed by atoms with Gasteiger partial charge in [-0.3, -0.25) is 4.90 Å². The van der Waals surface area contributed by atoms with E-state index in [9.17, 15) is 0 Å². The van der Waals surface area contributed by atoms with Gasteiger partial charge in [0.2, 0.25) is 0 Å². The Morgan fingerprint density at radius 1 is 1.28 bits per heavy atom. The topological polar surface area (TPSA) is 18.5 Å². The smallest absolute Gasteiger partial charge is 0.0237 e. The van der Waals surface area contributed by atoms with Crippen LogP contribution in [0, 0.1) is 0 Å². The monoisotopic (exact) mass is 247 g/mol. The molecule has 3 nitrogen and oxygen atoms in total. The molecule has 0 radical (unpaired) electrons. The molecule has 18 heavy (non-hydrogen) atoms. The third kappa shape index (κ3) is 3.55.